The van der Waals surface area contributed by atoms with Gasteiger partial charge >= 0.3 is 0 Å². The number of amides is 1. The molecule has 1 saturated heterocycles. The third kappa shape index (κ3) is 4.42. The van der Waals surface area contributed by atoms with Crippen LogP contribution in [-0.2, 0) is 21.3 Å². The van der Waals surface area contributed by atoms with Crippen LogP contribution < -0.4 is 10.6 Å². The van der Waals surface area contributed by atoms with Crippen molar-refractivity contribution in [3.8, 4) is 0 Å². The van der Waals surface area contributed by atoms with Gasteiger partial charge in [-0.3, -0.25) is 9.00 Å². The van der Waals surface area contributed by atoms with E-state index in [1.54, 1.807) is 6.26 Å². The Morgan fingerprint density at radius 2 is 2.30 bits per heavy atom. The summed E-state index contributed by atoms with van der Waals surface area (Å²) in [6.07, 6.45) is 3.45. The van der Waals surface area contributed by atoms with E-state index < -0.39 is 10.8 Å². The van der Waals surface area contributed by atoms with Crippen molar-refractivity contribution in [1.29, 1.82) is 0 Å². The standard InChI is InChI=1S/C15H22N2O2S/c1-11-8-13(6-7-16-11)15(18)17-14-5-3-4-12(9-14)10-20(2)19/h3-5,9,11,13,16H,6-8,10H2,1-2H3,(H,17,18)/t11-,13-,20?/m0/s1. The molecule has 1 aromatic carbocycles. The fourth-order valence-corrected chi connectivity index (χ4v) is 3.24. The fourth-order valence-electron chi connectivity index (χ4n) is 2.59. The highest BCUT2D eigenvalue weighted by Crippen LogP contribution is 2.19. The molecule has 0 aromatic heterocycles. The molecule has 1 aromatic rings. The largest absolute Gasteiger partial charge is 0.326 e. The van der Waals surface area contributed by atoms with Crippen LogP contribution in [0, 0.1) is 5.92 Å². The van der Waals surface area contributed by atoms with Crippen molar-refractivity contribution in [3.63, 3.8) is 0 Å². The van der Waals surface area contributed by atoms with Gasteiger partial charge in [0.05, 0.1) is 0 Å². The van der Waals surface area contributed by atoms with Crippen molar-refractivity contribution in [2.75, 3.05) is 18.1 Å². The summed E-state index contributed by atoms with van der Waals surface area (Å²) in [5.41, 5.74) is 1.78. The Balaban J connectivity index is 1.98. The lowest BCUT2D eigenvalue weighted by molar-refractivity contribution is -0.120. The van der Waals surface area contributed by atoms with Crippen LogP contribution in [0.5, 0.6) is 0 Å². The average Bonchev–Trinajstić information content (AvgIpc) is 2.38. The molecular formula is C15H22N2O2S. The first-order valence-electron chi connectivity index (χ1n) is 6.98. The molecule has 5 heteroatoms. The molecule has 2 N–H and O–H groups in total. The molecule has 2 rings (SSSR count). The number of carbonyl (C=O) groups is 1. The molecular weight excluding hydrogens is 272 g/mol. The van der Waals surface area contributed by atoms with Gasteiger partial charge < -0.3 is 10.6 Å². The van der Waals surface area contributed by atoms with Crippen molar-refractivity contribution in [2.45, 2.75) is 31.6 Å². The Kier molecular flexibility index (Phi) is 5.31. The zero-order chi connectivity index (χ0) is 14.5. The molecule has 1 amide bonds. The monoisotopic (exact) mass is 294 g/mol. The lowest BCUT2D eigenvalue weighted by Gasteiger charge is -2.27. The van der Waals surface area contributed by atoms with E-state index in [1.807, 2.05) is 24.3 Å². The Labute approximate surface area is 122 Å². The van der Waals surface area contributed by atoms with Gasteiger partial charge in [-0.25, -0.2) is 0 Å². The molecule has 1 heterocycles. The third-order valence-corrected chi connectivity index (χ3v) is 4.30. The van der Waals surface area contributed by atoms with Gasteiger partial charge in [-0.15, -0.1) is 0 Å². The second-order valence-electron chi connectivity index (χ2n) is 5.48. The molecule has 4 nitrogen and oxygen atoms in total. The summed E-state index contributed by atoms with van der Waals surface area (Å²) >= 11 is 0. The van der Waals surface area contributed by atoms with Gasteiger partial charge in [0.1, 0.15) is 0 Å². The molecule has 1 aliphatic heterocycles. The Morgan fingerprint density at radius 3 is 3.00 bits per heavy atom. The summed E-state index contributed by atoms with van der Waals surface area (Å²) in [5.74, 6) is 0.692. The molecule has 0 bridgehead atoms. The van der Waals surface area contributed by atoms with Crippen LogP contribution in [0.2, 0.25) is 0 Å². The third-order valence-electron chi connectivity index (χ3n) is 3.56. The van der Waals surface area contributed by atoms with Gasteiger partial charge in [-0.1, -0.05) is 12.1 Å². The highest BCUT2D eigenvalue weighted by molar-refractivity contribution is 7.83. The van der Waals surface area contributed by atoms with E-state index in [4.69, 9.17) is 0 Å². The molecule has 1 unspecified atom stereocenters. The summed E-state index contributed by atoms with van der Waals surface area (Å²) in [6.45, 7) is 3.00. The maximum atomic E-state index is 12.2. The van der Waals surface area contributed by atoms with Crippen LogP contribution in [0.15, 0.2) is 24.3 Å². The van der Waals surface area contributed by atoms with Gasteiger partial charge in [0, 0.05) is 40.5 Å². The molecule has 0 radical (unpaired) electrons. The van der Waals surface area contributed by atoms with E-state index in [-0.39, 0.29) is 11.8 Å². The lowest BCUT2D eigenvalue weighted by atomic mass is 9.92. The van der Waals surface area contributed by atoms with E-state index in [1.165, 1.54) is 0 Å². The van der Waals surface area contributed by atoms with Gasteiger partial charge in [0.25, 0.3) is 0 Å². The maximum Gasteiger partial charge on any atom is 0.227 e. The topological polar surface area (TPSA) is 58.2 Å². The maximum absolute atomic E-state index is 12.2. The Bertz CT molecular complexity index is 504. The molecule has 0 saturated carbocycles. The number of anilines is 1. The number of benzene rings is 1. The van der Waals surface area contributed by atoms with Crippen molar-refractivity contribution in [2.24, 2.45) is 5.92 Å². The zero-order valence-electron chi connectivity index (χ0n) is 12.0. The quantitative estimate of drug-likeness (QED) is 0.891. The van der Waals surface area contributed by atoms with Crippen LogP contribution in [-0.4, -0.2) is 29.0 Å². The van der Waals surface area contributed by atoms with Gasteiger partial charge in [-0.05, 0) is 44.0 Å². The minimum atomic E-state index is -0.868. The molecule has 0 spiro atoms. The molecule has 1 aliphatic rings. The summed E-state index contributed by atoms with van der Waals surface area (Å²) < 4.78 is 11.2. The number of rotatable bonds is 4. The van der Waals surface area contributed by atoms with Crippen LogP contribution in [0.3, 0.4) is 0 Å². The summed E-state index contributed by atoms with van der Waals surface area (Å²) in [4.78, 5) is 12.2. The van der Waals surface area contributed by atoms with Crippen LogP contribution in [0.4, 0.5) is 5.69 Å². The number of hydrogen-bond donors (Lipinski definition) is 2. The van der Waals surface area contributed by atoms with E-state index in [9.17, 15) is 9.00 Å². The normalized spacial score (nSPS) is 24.1. The minimum Gasteiger partial charge on any atom is -0.326 e. The molecule has 3 atom stereocenters. The second-order valence-corrected chi connectivity index (χ2v) is 6.92. The van der Waals surface area contributed by atoms with Crippen molar-refractivity contribution < 1.29 is 9.00 Å². The number of carbonyl (C=O) groups excluding carboxylic acids is 1. The molecule has 1 fully saturated rings. The SMILES string of the molecule is C[C@H]1C[C@@H](C(=O)Nc2cccc(CS(C)=O)c2)CCN1. The van der Waals surface area contributed by atoms with Crippen LogP contribution >= 0.6 is 0 Å². The van der Waals surface area contributed by atoms with Crippen molar-refractivity contribution in [1.82, 2.24) is 5.32 Å². The first-order chi connectivity index (χ1) is 9.54. The summed E-state index contributed by atoms with van der Waals surface area (Å²) in [6, 6.07) is 8.01. The number of hydrogen-bond acceptors (Lipinski definition) is 3. The number of nitrogens with one attached hydrogen (secondary N) is 2. The van der Waals surface area contributed by atoms with Gasteiger partial charge in [0.2, 0.25) is 5.91 Å². The summed E-state index contributed by atoms with van der Waals surface area (Å²) in [5, 5.41) is 6.33. The van der Waals surface area contributed by atoms with E-state index >= 15 is 0 Å². The Hall–Kier alpha value is -1.20. The average molecular weight is 294 g/mol. The van der Waals surface area contributed by atoms with Gasteiger partial charge in [-0.2, -0.15) is 0 Å². The second kappa shape index (κ2) is 6.99. The lowest BCUT2D eigenvalue weighted by Crippen LogP contribution is -2.40. The van der Waals surface area contributed by atoms with Crippen LogP contribution in [0.25, 0.3) is 0 Å². The fraction of sp³-hybridized carbons (Fsp3) is 0.533. The zero-order valence-corrected chi connectivity index (χ0v) is 12.8. The first-order valence-corrected chi connectivity index (χ1v) is 8.70. The van der Waals surface area contributed by atoms with Crippen molar-refractivity contribution in [3.05, 3.63) is 29.8 Å². The molecule has 20 heavy (non-hydrogen) atoms. The number of piperidine rings is 1. The predicted octanol–water partition coefficient (Wildman–Crippen LogP) is 1.89. The molecule has 0 aliphatic carbocycles. The molecule has 110 valence electrons. The highest BCUT2D eigenvalue weighted by Gasteiger charge is 2.24. The predicted molar refractivity (Wildman–Crippen MR) is 83.0 cm³/mol. The summed E-state index contributed by atoms with van der Waals surface area (Å²) in [7, 11) is -0.868. The van der Waals surface area contributed by atoms with Crippen molar-refractivity contribution >= 4 is 22.4 Å². The van der Waals surface area contributed by atoms with E-state index in [0.717, 1.165) is 30.6 Å². The highest BCUT2D eigenvalue weighted by atomic mass is 32.2. The first kappa shape index (κ1) is 15.2. The van der Waals surface area contributed by atoms with Gasteiger partial charge in [0.15, 0.2) is 0 Å². The Morgan fingerprint density at radius 1 is 1.50 bits per heavy atom. The van der Waals surface area contributed by atoms with E-state index in [2.05, 4.69) is 17.6 Å². The van der Waals surface area contributed by atoms with E-state index in [0.29, 0.717) is 11.8 Å². The minimum absolute atomic E-state index is 0.0789. The smallest absolute Gasteiger partial charge is 0.227 e. The van der Waals surface area contributed by atoms with Crippen LogP contribution in [0.1, 0.15) is 25.3 Å².